The fraction of sp³-hybridized carbons (Fsp3) is 0.269. The molecule has 1 atom stereocenters. The summed E-state index contributed by atoms with van der Waals surface area (Å²) >= 11 is 13.2. The predicted molar refractivity (Wildman–Crippen MR) is 152 cm³/mol. The van der Waals surface area contributed by atoms with E-state index in [9.17, 15) is 13.2 Å². The van der Waals surface area contributed by atoms with E-state index in [1.807, 2.05) is 55.6 Å². The first-order chi connectivity index (χ1) is 17.8. The van der Waals surface area contributed by atoms with E-state index in [1.54, 1.807) is 16.8 Å². The Morgan fingerprint density at radius 1 is 1.24 bits per heavy atom. The number of thioether (sulfide) groups is 1. The van der Waals surface area contributed by atoms with Gasteiger partial charge in [0.1, 0.15) is 15.8 Å². The fourth-order valence-corrected chi connectivity index (χ4v) is 7.65. The van der Waals surface area contributed by atoms with Crippen LogP contribution in [0.1, 0.15) is 25.3 Å². The van der Waals surface area contributed by atoms with E-state index in [4.69, 9.17) is 33.7 Å². The smallest absolute Gasteiger partial charge is 0.266 e. The largest absolute Gasteiger partial charge is 0.492 e. The highest BCUT2D eigenvalue weighted by Crippen LogP contribution is 2.38. The number of aromatic nitrogens is 2. The molecule has 5 rings (SSSR count). The second-order valence-corrected chi connectivity index (χ2v) is 13.1. The highest BCUT2D eigenvalue weighted by Gasteiger charge is 2.42. The molecule has 0 unspecified atom stereocenters. The van der Waals surface area contributed by atoms with Gasteiger partial charge in [-0.25, -0.2) is 13.1 Å². The highest BCUT2D eigenvalue weighted by molar-refractivity contribution is 8.26. The Kier molecular flexibility index (Phi) is 7.44. The maximum atomic E-state index is 13.3. The van der Waals surface area contributed by atoms with Crippen molar-refractivity contribution < 1.29 is 17.9 Å². The second kappa shape index (κ2) is 10.6. The molecule has 37 heavy (non-hydrogen) atoms. The molecule has 2 saturated heterocycles. The summed E-state index contributed by atoms with van der Waals surface area (Å²) in [6.45, 7) is 2.59. The van der Waals surface area contributed by atoms with Gasteiger partial charge >= 0.3 is 0 Å². The first-order valence-corrected chi connectivity index (χ1v) is 15.2. The number of thiocarbonyl (C=S) groups is 1. The van der Waals surface area contributed by atoms with E-state index in [1.165, 1.54) is 16.7 Å². The van der Waals surface area contributed by atoms with E-state index in [-0.39, 0.29) is 17.4 Å². The Hall–Kier alpha value is -2.66. The molecule has 0 saturated carbocycles. The van der Waals surface area contributed by atoms with Crippen molar-refractivity contribution in [1.82, 2.24) is 14.7 Å². The van der Waals surface area contributed by atoms with Crippen molar-refractivity contribution in [3.63, 3.8) is 0 Å². The van der Waals surface area contributed by atoms with Crippen LogP contribution in [0.2, 0.25) is 5.02 Å². The second-order valence-electron chi connectivity index (χ2n) is 8.82. The van der Waals surface area contributed by atoms with Crippen LogP contribution >= 0.6 is 35.6 Å². The molecule has 0 bridgehead atoms. The quantitative estimate of drug-likeness (QED) is 0.278. The minimum atomic E-state index is -3.16. The van der Waals surface area contributed by atoms with Crippen molar-refractivity contribution in [1.29, 1.82) is 0 Å². The SMILES string of the molecule is CCCOc1ccc(-c2nn(-c3ccccc3)cc2/C=C2\SC(=S)N([C@@H]3CCS(=O)(=O)C3)C2=O)cc1Cl. The lowest BCUT2D eigenvalue weighted by molar-refractivity contribution is -0.123. The Bertz CT molecular complexity index is 1500. The fourth-order valence-electron chi connectivity index (χ4n) is 4.32. The molecule has 2 aliphatic rings. The number of carbonyl (C=O) groups is 1. The Morgan fingerprint density at radius 3 is 2.70 bits per heavy atom. The number of rotatable bonds is 7. The maximum absolute atomic E-state index is 13.3. The Morgan fingerprint density at radius 2 is 2.03 bits per heavy atom. The molecule has 0 radical (unpaired) electrons. The molecule has 2 aromatic carbocycles. The molecule has 3 aromatic rings. The number of halogens is 1. The topological polar surface area (TPSA) is 81.5 Å². The number of sulfone groups is 1. The van der Waals surface area contributed by atoms with E-state index in [0.29, 0.717) is 44.3 Å². The lowest BCUT2D eigenvalue weighted by Gasteiger charge is -2.20. The van der Waals surface area contributed by atoms with Gasteiger partial charge in [0, 0.05) is 17.3 Å². The van der Waals surface area contributed by atoms with Gasteiger partial charge in [-0.05, 0) is 49.2 Å². The first-order valence-electron chi connectivity index (χ1n) is 11.8. The summed E-state index contributed by atoms with van der Waals surface area (Å²) < 4.78 is 31.8. The monoisotopic (exact) mass is 573 g/mol. The number of carbonyl (C=O) groups excluding carboxylic acids is 1. The van der Waals surface area contributed by atoms with Gasteiger partial charge in [0.2, 0.25) is 0 Å². The highest BCUT2D eigenvalue weighted by atomic mass is 35.5. The number of amides is 1. The van der Waals surface area contributed by atoms with Gasteiger partial charge in [-0.1, -0.05) is 60.7 Å². The van der Waals surface area contributed by atoms with Crippen LogP contribution in [0.25, 0.3) is 23.0 Å². The zero-order valence-corrected chi connectivity index (χ0v) is 23.2. The number of ether oxygens (including phenoxy) is 1. The zero-order valence-electron chi connectivity index (χ0n) is 20.0. The van der Waals surface area contributed by atoms with Crippen LogP contribution in [0.15, 0.2) is 59.6 Å². The van der Waals surface area contributed by atoms with Crippen LogP contribution in [0, 0.1) is 0 Å². The zero-order chi connectivity index (χ0) is 26.2. The van der Waals surface area contributed by atoms with E-state index in [2.05, 4.69) is 0 Å². The van der Waals surface area contributed by atoms with Crippen LogP contribution < -0.4 is 4.74 Å². The third-order valence-corrected chi connectivity index (χ3v) is 9.49. The minimum absolute atomic E-state index is 0.0607. The molecule has 2 aliphatic heterocycles. The molecule has 2 fully saturated rings. The van der Waals surface area contributed by atoms with Crippen molar-refractivity contribution in [2.24, 2.45) is 0 Å². The molecule has 1 amide bonds. The van der Waals surface area contributed by atoms with Crippen molar-refractivity contribution >= 4 is 61.7 Å². The average molecular weight is 574 g/mol. The van der Waals surface area contributed by atoms with Gasteiger partial charge in [0.05, 0.1) is 39.8 Å². The molecular formula is C26H24ClN3O4S3. The van der Waals surface area contributed by atoms with Crippen molar-refractivity contribution in [2.75, 3.05) is 18.1 Å². The van der Waals surface area contributed by atoms with E-state index >= 15 is 0 Å². The summed E-state index contributed by atoms with van der Waals surface area (Å²) in [6, 6.07) is 14.7. The molecular weight excluding hydrogens is 550 g/mol. The van der Waals surface area contributed by atoms with Gasteiger partial charge in [0.25, 0.3) is 5.91 Å². The standard InChI is InChI=1S/C26H24ClN3O4S3/c1-2-11-34-22-9-8-17(13-21(22)27)24-18(15-29(28-24)19-6-4-3-5-7-19)14-23-25(31)30(26(35)36-23)20-10-12-37(32,33)16-20/h3-9,13-15,20H,2,10-12,16H2,1H3/b23-14-/t20-/m1/s1. The Balaban J connectivity index is 1.53. The van der Waals surface area contributed by atoms with Crippen molar-refractivity contribution in [2.45, 2.75) is 25.8 Å². The number of benzene rings is 2. The van der Waals surface area contributed by atoms with Gasteiger partial charge in [-0.15, -0.1) is 0 Å². The third-order valence-electron chi connectivity index (χ3n) is 6.11. The summed E-state index contributed by atoms with van der Waals surface area (Å²) in [6.07, 6.45) is 4.88. The van der Waals surface area contributed by atoms with Crippen LogP contribution in [0.3, 0.4) is 0 Å². The number of para-hydroxylation sites is 1. The van der Waals surface area contributed by atoms with Crippen LogP contribution in [0.5, 0.6) is 5.75 Å². The van der Waals surface area contributed by atoms with Gasteiger partial charge < -0.3 is 4.74 Å². The lowest BCUT2D eigenvalue weighted by atomic mass is 10.1. The van der Waals surface area contributed by atoms with Crippen LogP contribution in [-0.4, -0.2) is 57.5 Å². The lowest BCUT2D eigenvalue weighted by Crippen LogP contribution is -2.39. The first kappa shape index (κ1) is 26.0. The summed E-state index contributed by atoms with van der Waals surface area (Å²) in [5.74, 6) is 0.329. The molecule has 192 valence electrons. The maximum Gasteiger partial charge on any atom is 0.266 e. The molecule has 3 heterocycles. The van der Waals surface area contributed by atoms with E-state index < -0.39 is 15.9 Å². The predicted octanol–water partition coefficient (Wildman–Crippen LogP) is 5.37. The van der Waals surface area contributed by atoms with Gasteiger partial charge in [0.15, 0.2) is 9.84 Å². The third kappa shape index (κ3) is 5.47. The number of hydrogen-bond donors (Lipinski definition) is 0. The molecule has 7 nitrogen and oxygen atoms in total. The normalized spacial score (nSPS) is 20.2. The summed E-state index contributed by atoms with van der Waals surface area (Å²) in [5.41, 5.74) is 2.98. The van der Waals surface area contributed by atoms with Crippen molar-refractivity contribution in [3.8, 4) is 22.7 Å². The summed E-state index contributed by atoms with van der Waals surface area (Å²) in [7, 11) is -3.16. The average Bonchev–Trinajstić information content (AvgIpc) is 3.54. The molecule has 0 N–H and O–H groups in total. The number of nitrogens with zero attached hydrogens (tertiary/aromatic N) is 3. The van der Waals surface area contributed by atoms with Crippen molar-refractivity contribution in [3.05, 3.63) is 70.2 Å². The Labute approximate surface area is 230 Å². The summed E-state index contributed by atoms with van der Waals surface area (Å²) in [4.78, 5) is 15.2. The molecule has 0 aliphatic carbocycles. The summed E-state index contributed by atoms with van der Waals surface area (Å²) in [5, 5.41) is 5.28. The molecule has 11 heteroatoms. The minimum Gasteiger partial charge on any atom is -0.492 e. The van der Waals surface area contributed by atoms with E-state index in [0.717, 1.165) is 17.7 Å². The number of hydrogen-bond acceptors (Lipinski definition) is 7. The van der Waals surface area contributed by atoms with Crippen LogP contribution in [0.4, 0.5) is 0 Å². The van der Waals surface area contributed by atoms with Gasteiger partial charge in [-0.2, -0.15) is 5.10 Å². The molecule has 0 spiro atoms. The van der Waals surface area contributed by atoms with Gasteiger partial charge in [-0.3, -0.25) is 9.69 Å². The molecule has 1 aromatic heterocycles. The van der Waals surface area contributed by atoms with Crippen LogP contribution in [-0.2, 0) is 14.6 Å².